The summed E-state index contributed by atoms with van der Waals surface area (Å²) in [6.07, 6.45) is 0.966. The van der Waals surface area contributed by atoms with E-state index in [0.29, 0.717) is 5.56 Å². The van der Waals surface area contributed by atoms with E-state index in [-0.39, 0.29) is 18.6 Å². The van der Waals surface area contributed by atoms with Crippen LogP contribution in [0.2, 0.25) is 0 Å². The lowest BCUT2D eigenvalue weighted by atomic mass is 10.0. The lowest BCUT2D eigenvalue weighted by Crippen LogP contribution is -2.33. The van der Waals surface area contributed by atoms with E-state index in [4.69, 9.17) is 5.11 Å². The van der Waals surface area contributed by atoms with Crippen LogP contribution < -0.4 is 5.32 Å². The van der Waals surface area contributed by atoms with Gasteiger partial charge in [-0.05, 0) is 49.5 Å². The molecule has 0 aliphatic rings. The summed E-state index contributed by atoms with van der Waals surface area (Å²) in [5.41, 5.74) is 2.39. The smallest absolute Gasteiger partial charge is 0.251 e. The zero-order valence-corrected chi connectivity index (χ0v) is 13.7. The van der Waals surface area contributed by atoms with Crippen LogP contribution in [0.5, 0.6) is 0 Å². The maximum Gasteiger partial charge on any atom is 0.251 e. The molecule has 0 aromatic heterocycles. The van der Waals surface area contributed by atoms with Crippen molar-refractivity contribution in [2.75, 3.05) is 18.1 Å². The normalized spacial score (nSPS) is 11.4. The van der Waals surface area contributed by atoms with E-state index in [9.17, 15) is 4.79 Å². The molecule has 0 saturated carbocycles. The Morgan fingerprint density at radius 3 is 2.90 bits per heavy atom. The van der Waals surface area contributed by atoms with Gasteiger partial charge < -0.3 is 10.4 Å². The molecule has 0 aliphatic heterocycles. The van der Waals surface area contributed by atoms with Gasteiger partial charge in [0.25, 0.3) is 5.91 Å². The van der Waals surface area contributed by atoms with Gasteiger partial charge in [0.2, 0.25) is 0 Å². The number of carbonyl (C=O) groups is 1. The highest BCUT2D eigenvalue weighted by atomic mass is 32.2. The second-order valence-electron chi connectivity index (χ2n) is 4.85. The molecule has 0 radical (unpaired) electrons. The van der Waals surface area contributed by atoms with Crippen molar-refractivity contribution in [1.82, 2.24) is 5.32 Å². The van der Waals surface area contributed by atoms with Gasteiger partial charge in [-0.15, -0.1) is 0 Å². The summed E-state index contributed by atoms with van der Waals surface area (Å²) in [6.45, 7) is 5.92. The first-order valence-corrected chi connectivity index (χ1v) is 8.33. The Balaban J connectivity index is 2.69. The van der Waals surface area contributed by atoms with Crippen LogP contribution in [0.4, 0.5) is 0 Å². The summed E-state index contributed by atoms with van der Waals surface area (Å²) in [6, 6.07) is 5.63. The van der Waals surface area contributed by atoms with Gasteiger partial charge in [-0.1, -0.05) is 24.8 Å². The second kappa shape index (κ2) is 9.49. The zero-order chi connectivity index (χ0) is 15.7. The predicted octanol–water partition coefficient (Wildman–Crippen LogP) is 2.60. The van der Waals surface area contributed by atoms with Crippen molar-refractivity contribution in [3.63, 3.8) is 0 Å². The number of amides is 1. The lowest BCUT2D eigenvalue weighted by Gasteiger charge is -2.14. The number of benzene rings is 1. The van der Waals surface area contributed by atoms with Crippen LogP contribution in [-0.2, 0) is 0 Å². The molecule has 1 aromatic carbocycles. The molecule has 0 aliphatic carbocycles. The number of hydrogen-bond acceptors (Lipinski definition) is 3. The van der Waals surface area contributed by atoms with E-state index in [1.807, 2.05) is 37.7 Å². The minimum absolute atomic E-state index is 0.0731. The summed E-state index contributed by atoms with van der Waals surface area (Å²) >= 11 is 1.88. The molecule has 114 valence electrons. The molecular formula is C17H23NO2S. The molecule has 0 fully saturated rings. The van der Waals surface area contributed by atoms with Crippen LogP contribution in [0.25, 0.3) is 0 Å². The first-order chi connectivity index (χ1) is 10.1. The number of aliphatic hydroxyl groups excluding tert-OH is 1. The minimum Gasteiger partial charge on any atom is -0.384 e. The van der Waals surface area contributed by atoms with E-state index in [2.05, 4.69) is 24.1 Å². The third-order valence-corrected chi connectivity index (χ3v) is 4.01. The number of aryl methyl sites for hydroxylation is 1. The topological polar surface area (TPSA) is 49.3 Å². The molecule has 2 N–H and O–H groups in total. The number of hydrogen-bond donors (Lipinski definition) is 2. The Kier molecular flexibility index (Phi) is 7.96. The third-order valence-electron chi connectivity index (χ3n) is 3.08. The third kappa shape index (κ3) is 6.24. The number of nitrogens with one attached hydrogen (secondary N) is 1. The Bertz CT molecular complexity index is 531. The first-order valence-electron chi connectivity index (χ1n) is 7.17. The van der Waals surface area contributed by atoms with Gasteiger partial charge in [-0.2, -0.15) is 11.8 Å². The molecule has 21 heavy (non-hydrogen) atoms. The van der Waals surface area contributed by atoms with E-state index in [1.165, 1.54) is 0 Å². The molecule has 0 heterocycles. The van der Waals surface area contributed by atoms with Crippen molar-refractivity contribution in [1.29, 1.82) is 0 Å². The van der Waals surface area contributed by atoms with Crippen LogP contribution in [0.1, 0.15) is 41.8 Å². The molecule has 0 spiro atoms. The van der Waals surface area contributed by atoms with Gasteiger partial charge in [0.1, 0.15) is 6.61 Å². The Labute approximate surface area is 131 Å². The van der Waals surface area contributed by atoms with E-state index >= 15 is 0 Å². The highest BCUT2D eigenvalue weighted by molar-refractivity contribution is 7.99. The minimum atomic E-state index is -0.179. The van der Waals surface area contributed by atoms with Crippen molar-refractivity contribution < 1.29 is 9.90 Å². The zero-order valence-electron chi connectivity index (χ0n) is 12.9. The number of rotatable bonds is 6. The van der Waals surface area contributed by atoms with Gasteiger partial charge in [-0.3, -0.25) is 4.79 Å². The molecular weight excluding hydrogens is 282 g/mol. The Morgan fingerprint density at radius 2 is 2.24 bits per heavy atom. The van der Waals surface area contributed by atoms with Gasteiger partial charge in [0.15, 0.2) is 0 Å². The van der Waals surface area contributed by atoms with Crippen LogP contribution in [0.3, 0.4) is 0 Å². The fourth-order valence-corrected chi connectivity index (χ4v) is 2.63. The first kappa shape index (κ1) is 17.6. The average molecular weight is 305 g/mol. The largest absolute Gasteiger partial charge is 0.384 e. The fourth-order valence-electron chi connectivity index (χ4n) is 1.82. The number of aliphatic hydroxyl groups is 1. The van der Waals surface area contributed by atoms with Crippen LogP contribution in [0, 0.1) is 18.8 Å². The number of thioether (sulfide) groups is 1. The van der Waals surface area contributed by atoms with Crippen molar-refractivity contribution >= 4 is 17.7 Å². The molecule has 0 saturated heterocycles. The van der Waals surface area contributed by atoms with Crippen molar-refractivity contribution in [2.45, 2.75) is 33.2 Å². The van der Waals surface area contributed by atoms with Gasteiger partial charge in [-0.25, -0.2) is 0 Å². The van der Waals surface area contributed by atoms with Crippen LogP contribution in [-0.4, -0.2) is 35.2 Å². The fraction of sp³-hybridized carbons (Fsp3) is 0.471. The maximum atomic E-state index is 12.2. The monoisotopic (exact) mass is 305 g/mol. The van der Waals surface area contributed by atoms with Crippen molar-refractivity contribution in [3.8, 4) is 11.8 Å². The summed E-state index contributed by atoms with van der Waals surface area (Å²) < 4.78 is 0. The molecule has 1 rings (SSSR count). The summed E-state index contributed by atoms with van der Waals surface area (Å²) in [4.78, 5) is 12.2. The maximum absolute atomic E-state index is 12.2. The van der Waals surface area contributed by atoms with E-state index < -0.39 is 0 Å². The molecule has 1 amide bonds. The van der Waals surface area contributed by atoms with Gasteiger partial charge in [0.05, 0.1) is 0 Å². The van der Waals surface area contributed by atoms with Crippen LogP contribution >= 0.6 is 11.8 Å². The lowest BCUT2D eigenvalue weighted by molar-refractivity contribution is 0.0939. The highest BCUT2D eigenvalue weighted by Gasteiger charge is 2.10. The standard InChI is InChI=1S/C17H23NO2S/c1-4-21-11-9-14(3)18-17(20)16-8-7-13(2)15(12-16)6-5-10-19/h7-8,12,14,19H,4,9-11H2,1-3H3,(H,18,20). The molecule has 1 aromatic rings. The molecule has 1 unspecified atom stereocenters. The average Bonchev–Trinajstić information content (AvgIpc) is 2.46. The molecule has 0 bridgehead atoms. The number of carbonyl (C=O) groups excluding carboxylic acids is 1. The molecule has 3 nitrogen and oxygen atoms in total. The van der Waals surface area contributed by atoms with Crippen molar-refractivity contribution in [3.05, 3.63) is 34.9 Å². The van der Waals surface area contributed by atoms with E-state index in [0.717, 1.165) is 29.1 Å². The molecule has 4 heteroatoms. The van der Waals surface area contributed by atoms with Crippen molar-refractivity contribution in [2.24, 2.45) is 0 Å². The van der Waals surface area contributed by atoms with Gasteiger partial charge >= 0.3 is 0 Å². The quantitative estimate of drug-likeness (QED) is 0.627. The summed E-state index contributed by atoms with van der Waals surface area (Å²) in [7, 11) is 0. The van der Waals surface area contributed by atoms with Gasteiger partial charge in [0, 0.05) is 17.2 Å². The summed E-state index contributed by atoms with van der Waals surface area (Å²) in [5.74, 6) is 7.57. The second-order valence-corrected chi connectivity index (χ2v) is 6.24. The highest BCUT2D eigenvalue weighted by Crippen LogP contribution is 2.11. The molecule has 1 atom stereocenters. The Hall–Kier alpha value is -1.44. The SMILES string of the molecule is CCSCCC(C)NC(=O)c1ccc(C)c(C#CCO)c1. The Morgan fingerprint density at radius 1 is 1.48 bits per heavy atom. The van der Waals surface area contributed by atoms with E-state index in [1.54, 1.807) is 6.07 Å². The summed E-state index contributed by atoms with van der Waals surface area (Å²) in [5, 5.41) is 11.8. The predicted molar refractivity (Wildman–Crippen MR) is 89.7 cm³/mol. The van der Waals surface area contributed by atoms with Crippen LogP contribution in [0.15, 0.2) is 18.2 Å².